The largest absolute Gasteiger partial charge is 0.371 e. The lowest BCUT2D eigenvalue weighted by molar-refractivity contribution is -0.141. The second kappa shape index (κ2) is 8.09. The maximum absolute atomic E-state index is 12.3. The summed E-state index contributed by atoms with van der Waals surface area (Å²) in [4.78, 5) is 28.5. The number of benzene rings is 1. The second-order valence-electron chi connectivity index (χ2n) is 7.85. The van der Waals surface area contributed by atoms with Crippen molar-refractivity contribution < 1.29 is 19.1 Å². The van der Waals surface area contributed by atoms with Crippen molar-refractivity contribution in [2.24, 2.45) is 5.92 Å². The van der Waals surface area contributed by atoms with Crippen molar-refractivity contribution in [1.29, 1.82) is 0 Å². The summed E-state index contributed by atoms with van der Waals surface area (Å²) >= 11 is 0. The number of anilines is 2. The van der Waals surface area contributed by atoms with Gasteiger partial charge < -0.3 is 19.3 Å². The van der Waals surface area contributed by atoms with E-state index in [2.05, 4.69) is 33.3 Å². The lowest BCUT2D eigenvalue weighted by Gasteiger charge is -2.37. The molecular formula is C21H29N3O4. The fourth-order valence-corrected chi connectivity index (χ4v) is 4.93. The minimum absolute atomic E-state index is 0.133. The van der Waals surface area contributed by atoms with Crippen molar-refractivity contribution >= 4 is 23.2 Å². The Morgan fingerprint density at radius 2 is 1.71 bits per heavy atom. The number of fused-ring (bicyclic) bond motifs is 1. The van der Waals surface area contributed by atoms with E-state index in [4.69, 9.17) is 9.47 Å². The van der Waals surface area contributed by atoms with Gasteiger partial charge in [-0.2, -0.15) is 0 Å². The number of piperidine rings is 2. The number of carbonyl (C=O) groups excluding carboxylic acids is 2. The zero-order chi connectivity index (χ0) is 19.7. The minimum Gasteiger partial charge on any atom is -0.371 e. The number of amides is 2. The topological polar surface area (TPSA) is 71.1 Å². The first-order valence-corrected chi connectivity index (χ1v) is 10.1. The molecular weight excluding hydrogens is 358 g/mol. The highest BCUT2D eigenvalue weighted by atomic mass is 16.7. The van der Waals surface area contributed by atoms with Crippen molar-refractivity contribution in [3.8, 4) is 0 Å². The van der Waals surface area contributed by atoms with Crippen LogP contribution in [0.25, 0.3) is 0 Å². The van der Waals surface area contributed by atoms with Gasteiger partial charge in [-0.1, -0.05) is 6.07 Å². The molecule has 0 bridgehead atoms. The van der Waals surface area contributed by atoms with Crippen molar-refractivity contribution in [3.63, 3.8) is 0 Å². The smallest absolute Gasteiger partial charge is 0.249 e. The minimum atomic E-state index is -0.246. The number of hydrogen-bond donors (Lipinski definition) is 1. The summed E-state index contributed by atoms with van der Waals surface area (Å²) in [7, 11) is 3.41. The van der Waals surface area contributed by atoms with Crippen molar-refractivity contribution in [2.75, 3.05) is 43.7 Å². The lowest BCUT2D eigenvalue weighted by atomic mass is 9.95. The van der Waals surface area contributed by atoms with Crippen LogP contribution in [0.3, 0.4) is 0 Å². The van der Waals surface area contributed by atoms with Crippen molar-refractivity contribution in [1.82, 2.24) is 5.32 Å². The SMILES string of the molecule is COC(OC)C1CCN(c2cccc3c2CCN3C2CCC(=O)NC2=O)CC1. The van der Waals surface area contributed by atoms with Crippen LogP contribution in [-0.2, 0) is 25.5 Å². The molecule has 1 aromatic carbocycles. The second-order valence-corrected chi connectivity index (χ2v) is 7.85. The molecule has 0 spiro atoms. The van der Waals surface area contributed by atoms with E-state index in [1.165, 1.54) is 11.3 Å². The number of imide groups is 1. The summed E-state index contributed by atoms with van der Waals surface area (Å²) in [5.74, 6) is 0.0891. The van der Waals surface area contributed by atoms with Crippen LogP contribution in [0.2, 0.25) is 0 Å². The average Bonchev–Trinajstić information content (AvgIpc) is 3.13. The molecule has 1 N–H and O–H groups in total. The molecule has 2 fully saturated rings. The van der Waals surface area contributed by atoms with E-state index in [1.54, 1.807) is 14.2 Å². The zero-order valence-electron chi connectivity index (χ0n) is 16.6. The molecule has 1 aromatic rings. The summed E-state index contributed by atoms with van der Waals surface area (Å²) < 4.78 is 10.9. The molecule has 0 radical (unpaired) electrons. The van der Waals surface area contributed by atoms with E-state index in [-0.39, 0.29) is 24.1 Å². The lowest BCUT2D eigenvalue weighted by Crippen LogP contribution is -2.52. The average molecular weight is 387 g/mol. The van der Waals surface area contributed by atoms with Gasteiger partial charge in [0.15, 0.2) is 6.29 Å². The van der Waals surface area contributed by atoms with Gasteiger partial charge in [0.2, 0.25) is 11.8 Å². The number of hydrogen-bond acceptors (Lipinski definition) is 6. The van der Waals surface area contributed by atoms with Gasteiger partial charge in [0, 0.05) is 63.1 Å². The van der Waals surface area contributed by atoms with Crippen molar-refractivity contribution in [3.05, 3.63) is 23.8 Å². The highest BCUT2D eigenvalue weighted by Crippen LogP contribution is 2.39. The monoisotopic (exact) mass is 387 g/mol. The third kappa shape index (κ3) is 3.49. The van der Waals surface area contributed by atoms with Gasteiger partial charge in [-0.25, -0.2) is 0 Å². The van der Waals surface area contributed by atoms with E-state index in [9.17, 15) is 9.59 Å². The molecule has 0 aliphatic carbocycles. The molecule has 1 atom stereocenters. The molecule has 0 saturated carbocycles. The van der Waals surface area contributed by atoms with Gasteiger partial charge in [-0.3, -0.25) is 14.9 Å². The highest BCUT2D eigenvalue weighted by molar-refractivity contribution is 6.02. The first-order valence-electron chi connectivity index (χ1n) is 10.1. The van der Waals surface area contributed by atoms with E-state index in [0.29, 0.717) is 18.8 Å². The molecule has 0 aromatic heterocycles. The van der Waals surface area contributed by atoms with Crippen LogP contribution in [0.4, 0.5) is 11.4 Å². The Morgan fingerprint density at radius 3 is 2.39 bits per heavy atom. The van der Waals surface area contributed by atoms with Crippen LogP contribution in [-0.4, -0.2) is 58.0 Å². The molecule has 4 rings (SSSR count). The Morgan fingerprint density at radius 1 is 1.00 bits per heavy atom. The van der Waals surface area contributed by atoms with Crippen LogP contribution in [0.5, 0.6) is 0 Å². The maximum Gasteiger partial charge on any atom is 0.249 e. The summed E-state index contributed by atoms with van der Waals surface area (Å²) in [5, 5.41) is 2.49. The molecule has 28 heavy (non-hydrogen) atoms. The third-order valence-corrected chi connectivity index (χ3v) is 6.35. The molecule has 2 saturated heterocycles. The molecule has 2 amide bonds. The predicted octanol–water partition coefficient (Wildman–Crippen LogP) is 1.69. The van der Waals surface area contributed by atoms with Gasteiger partial charge >= 0.3 is 0 Å². The number of nitrogens with zero attached hydrogens (tertiary/aromatic N) is 2. The third-order valence-electron chi connectivity index (χ3n) is 6.35. The van der Waals surface area contributed by atoms with Gasteiger partial charge in [0.05, 0.1) is 0 Å². The summed E-state index contributed by atoms with van der Waals surface area (Å²) in [6.07, 6.45) is 3.87. The first kappa shape index (κ1) is 19.2. The van der Waals surface area contributed by atoms with Gasteiger partial charge in [-0.05, 0) is 37.8 Å². The molecule has 7 heteroatoms. The number of ether oxygens (including phenoxy) is 2. The Balaban J connectivity index is 1.49. The summed E-state index contributed by atoms with van der Waals surface area (Å²) in [6.45, 7) is 2.77. The van der Waals surface area contributed by atoms with Crippen LogP contribution in [0.1, 0.15) is 31.2 Å². The van der Waals surface area contributed by atoms with Crippen LogP contribution in [0.15, 0.2) is 18.2 Å². The van der Waals surface area contributed by atoms with Crippen LogP contribution < -0.4 is 15.1 Å². The van der Waals surface area contributed by atoms with E-state index in [1.807, 2.05) is 0 Å². The van der Waals surface area contributed by atoms with Crippen molar-refractivity contribution in [2.45, 2.75) is 44.4 Å². The molecule has 7 nitrogen and oxygen atoms in total. The number of nitrogens with one attached hydrogen (secondary N) is 1. The van der Waals surface area contributed by atoms with Gasteiger partial charge in [-0.15, -0.1) is 0 Å². The fraction of sp³-hybridized carbons (Fsp3) is 0.619. The van der Waals surface area contributed by atoms with E-state index < -0.39 is 0 Å². The summed E-state index contributed by atoms with van der Waals surface area (Å²) in [5.41, 5.74) is 3.73. The number of carbonyl (C=O) groups is 2. The Bertz CT molecular complexity index is 741. The zero-order valence-corrected chi connectivity index (χ0v) is 16.6. The number of methoxy groups -OCH3 is 2. The molecule has 3 aliphatic heterocycles. The Labute approximate surface area is 166 Å². The van der Waals surface area contributed by atoms with E-state index >= 15 is 0 Å². The Kier molecular flexibility index (Phi) is 5.55. The maximum atomic E-state index is 12.3. The first-order chi connectivity index (χ1) is 13.6. The molecule has 152 valence electrons. The quantitative estimate of drug-likeness (QED) is 0.612. The van der Waals surface area contributed by atoms with Crippen LogP contribution >= 0.6 is 0 Å². The normalized spacial score (nSPS) is 23.3. The Hall–Kier alpha value is -2.12. The molecule has 3 aliphatic rings. The van der Waals surface area contributed by atoms with Gasteiger partial charge in [0.1, 0.15) is 6.04 Å². The van der Waals surface area contributed by atoms with E-state index in [0.717, 1.165) is 44.6 Å². The molecule has 3 heterocycles. The van der Waals surface area contributed by atoms with Gasteiger partial charge in [0.25, 0.3) is 0 Å². The number of rotatable bonds is 5. The molecule has 1 unspecified atom stereocenters. The highest BCUT2D eigenvalue weighted by Gasteiger charge is 2.36. The summed E-state index contributed by atoms with van der Waals surface area (Å²) in [6, 6.07) is 6.13. The predicted molar refractivity (Wildman–Crippen MR) is 106 cm³/mol. The fourth-order valence-electron chi connectivity index (χ4n) is 4.93. The standard InChI is InChI=1S/C21H29N3O4/c1-27-21(28-2)14-8-11-23(12-9-14)16-4-3-5-17-15(16)10-13-24(17)18-6-7-19(25)22-20(18)26/h3-5,14,18,21H,6-13H2,1-2H3,(H,22,25,26). The van der Waals surface area contributed by atoms with Crippen LogP contribution in [0, 0.1) is 5.92 Å².